The van der Waals surface area contributed by atoms with Crippen LogP contribution in [0.5, 0.6) is 0 Å². The van der Waals surface area contributed by atoms with Crippen molar-refractivity contribution < 1.29 is 45.0 Å². The minimum Gasteiger partial charge on any atom is -0.346 e. The molecule has 0 radical (unpaired) electrons. The molecule has 144 valence electrons. The molecule has 2 rings (SSSR count). The van der Waals surface area contributed by atoms with Gasteiger partial charge in [-0.25, -0.2) is 17.6 Å². The first kappa shape index (κ1) is 19.8. The molecule has 0 amide bonds. The highest BCUT2D eigenvalue weighted by molar-refractivity contribution is 5.66. The van der Waals surface area contributed by atoms with E-state index in [0.29, 0.717) is 0 Å². The third-order valence-electron chi connectivity index (χ3n) is 3.10. The SMILES string of the molecule is O=[N+]([O-])c1c(F)c(F)c(Nc2c(F)c(F)c([N+](=O)[O-])c(F)c2F)c(F)c1F. The molecule has 0 fully saturated rings. The smallest absolute Gasteiger partial charge is 0.346 e. The molecule has 0 saturated carbocycles. The third kappa shape index (κ3) is 2.96. The molecule has 0 bridgehead atoms. The van der Waals surface area contributed by atoms with Crippen LogP contribution in [-0.2, 0) is 0 Å². The summed E-state index contributed by atoms with van der Waals surface area (Å²) < 4.78 is 109. The van der Waals surface area contributed by atoms with Crippen molar-refractivity contribution in [3.63, 3.8) is 0 Å². The van der Waals surface area contributed by atoms with Crippen LogP contribution in [0.1, 0.15) is 0 Å². The van der Waals surface area contributed by atoms with Crippen LogP contribution in [-0.4, -0.2) is 9.85 Å². The Morgan fingerprint density at radius 1 is 0.519 bits per heavy atom. The Morgan fingerprint density at radius 3 is 0.926 bits per heavy atom. The van der Waals surface area contributed by atoms with Gasteiger partial charge in [0.15, 0.2) is 23.3 Å². The molecule has 0 aliphatic rings. The van der Waals surface area contributed by atoms with E-state index in [1.807, 2.05) is 0 Å². The van der Waals surface area contributed by atoms with E-state index in [1.54, 1.807) is 0 Å². The number of hydrogen-bond acceptors (Lipinski definition) is 5. The van der Waals surface area contributed by atoms with Crippen LogP contribution in [0.15, 0.2) is 0 Å². The lowest BCUT2D eigenvalue weighted by Gasteiger charge is -2.13. The van der Waals surface area contributed by atoms with Gasteiger partial charge in [0, 0.05) is 0 Å². The van der Waals surface area contributed by atoms with Crippen LogP contribution in [0.2, 0.25) is 0 Å². The summed E-state index contributed by atoms with van der Waals surface area (Å²) in [5.74, 6) is -20.6. The molecular formula is C12HF8N3O4. The van der Waals surface area contributed by atoms with E-state index in [4.69, 9.17) is 0 Å². The van der Waals surface area contributed by atoms with Crippen LogP contribution in [0.25, 0.3) is 0 Å². The van der Waals surface area contributed by atoms with Crippen molar-refractivity contribution in [2.24, 2.45) is 0 Å². The van der Waals surface area contributed by atoms with Gasteiger partial charge < -0.3 is 5.32 Å². The second kappa shape index (κ2) is 6.65. The predicted octanol–water partition coefficient (Wildman–Crippen LogP) is 4.36. The number of halogens is 8. The highest BCUT2D eigenvalue weighted by Gasteiger charge is 2.37. The van der Waals surface area contributed by atoms with E-state index >= 15 is 0 Å². The Balaban J connectivity index is 2.76. The average Bonchev–Trinajstić information content (AvgIpc) is 2.57. The first-order valence-corrected chi connectivity index (χ1v) is 6.19. The second-order valence-corrected chi connectivity index (χ2v) is 4.60. The van der Waals surface area contributed by atoms with Crippen LogP contribution in [0, 0.1) is 66.8 Å². The zero-order valence-corrected chi connectivity index (χ0v) is 12.1. The van der Waals surface area contributed by atoms with Crippen LogP contribution in [0.4, 0.5) is 57.9 Å². The Labute approximate surface area is 141 Å². The van der Waals surface area contributed by atoms with Crippen molar-refractivity contribution in [2.45, 2.75) is 0 Å². The highest BCUT2D eigenvalue weighted by Crippen LogP contribution is 2.38. The number of nitro benzene ring substituents is 2. The summed E-state index contributed by atoms with van der Waals surface area (Å²) in [5.41, 5.74) is -8.72. The number of hydrogen-bond donors (Lipinski definition) is 1. The van der Waals surface area contributed by atoms with E-state index in [2.05, 4.69) is 0 Å². The maximum absolute atomic E-state index is 13.7. The fourth-order valence-corrected chi connectivity index (χ4v) is 1.91. The molecule has 0 aliphatic carbocycles. The van der Waals surface area contributed by atoms with Crippen molar-refractivity contribution in [2.75, 3.05) is 5.32 Å². The fourth-order valence-electron chi connectivity index (χ4n) is 1.91. The number of nitrogens with zero attached hydrogens (tertiary/aromatic N) is 2. The number of benzene rings is 2. The largest absolute Gasteiger partial charge is 0.346 e. The van der Waals surface area contributed by atoms with E-state index in [9.17, 15) is 55.4 Å². The van der Waals surface area contributed by atoms with E-state index in [1.165, 1.54) is 0 Å². The highest BCUT2D eigenvalue weighted by atomic mass is 19.2. The number of nitrogens with one attached hydrogen (secondary N) is 1. The molecule has 27 heavy (non-hydrogen) atoms. The quantitative estimate of drug-likeness (QED) is 0.354. The van der Waals surface area contributed by atoms with E-state index in [0.717, 1.165) is 5.32 Å². The minimum atomic E-state index is -2.59. The summed E-state index contributed by atoms with van der Waals surface area (Å²) in [7, 11) is 0. The monoisotopic (exact) mass is 403 g/mol. The van der Waals surface area contributed by atoms with Crippen molar-refractivity contribution in [3.8, 4) is 0 Å². The zero-order chi connectivity index (χ0) is 20.8. The van der Waals surface area contributed by atoms with Crippen LogP contribution < -0.4 is 5.32 Å². The normalized spacial score (nSPS) is 10.8. The average molecular weight is 403 g/mol. The fraction of sp³-hybridized carbons (Fsp3) is 0. The third-order valence-corrected chi connectivity index (χ3v) is 3.10. The van der Waals surface area contributed by atoms with Crippen LogP contribution >= 0.6 is 0 Å². The van der Waals surface area contributed by atoms with Gasteiger partial charge in [0.25, 0.3) is 0 Å². The number of rotatable bonds is 4. The molecule has 1 N–H and O–H groups in total. The van der Waals surface area contributed by atoms with Crippen molar-refractivity contribution in [3.05, 3.63) is 66.8 Å². The van der Waals surface area contributed by atoms with Gasteiger partial charge in [-0.1, -0.05) is 0 Å². The number of anilines is 2. The lowest BCUT2D eigenvalue weighted by Crippen LogP contribution is -2.12. The Kier molecular flexibility index (Phi) is 4.88. The predicted molar refractivity (Wildman–Crippen MR) is 69.1 cm³/mol. The van der Waals surface area contributed by atoms with Crippen LogP contribution in [0.3, 0.4) is 0 Å². The summed E-state index contributed by atoms with van der Waals surface area (Å²) in [4.78, 5) is 17.1. The lowest BCUT2D eigenvalue weighted by molar-refractivity contribution is -0.390. The second-order valence-electron chi connectivity index (χ2n) is 4.60. The van der Waals surface area contributed by atoms with Gasteiger partial charge in [-0.2, -0.15) is 17.6 Å². The van der Waals surface area contributed by atoms with Crippen molar-refractivity contribution in [1.29, 1.82) is 0 Å². The van der Waals surface area contributed by atoms with Gasteiger partial charge in [0.2, 0.25) is 23.3 Å². The maximum Gasteiger partial charge on any atom is 0.346 e. The Morgan fingerprint density at radius 2 is 0.741 bits per heavy atom. The number of nitro groups is 2. The molecule has 2 aromatic rings. The van der Waals surface area contributed by atoms with Gasteiger partial charge in [-0.05, 0) is 0 Å². The van der Waals surface area contributed by atoms with Gasteiger partial charge in [-0.3, -0.25) is 20.2 Å². The molecule has 0 unspecified atom stereocenters. The standard InChI is InChI=1S/C12HF8N3O4/c13-1-5(17)11(22(24)25)6(18)2(14)9(1)21-10-3(15)7(19)12(23(26)27)8(20)4(10)16/h21H. The molecule has 15 heteroatoms. The lowest BCUT2D eigenvalue weighted by atomic mass is 10.2. The molecule has 7 nitrogen and oxygen atoms in total. The summed E-state index contributed by atoms with van der Waals surface area (Å²) in [6, 6.07) is 0. The molecule has 0 heterocycles. The summed E-state index contributed by atoms with van der Waals surface area (Å²) in [6.45, 7) is 0. The maximum atomic E-state index is 13.7. The van der Waals surface area contributed by atoms with E-state index in [-0.39, 0.29) is 0 Å². The first-order chi connectivity index (χ1) is 12.4. The molecule has 2 aromatic carbocycles. The minimum absolute atomic E-state index is 0.967. The van der Waals surface area contributed by atoms with Gasteiger partial charge in [0.1, 0.15) is 11.4 Å². The summed E-state index contributed by atoms with van der Waals surface area (Å²) in [6.07, 6.45) is 0. The first-order valence-electron chi connectivity index (χ1n) is 6.19. The molecule has 0 aromatic heterocycles. The molecule has 0 aliphatic heterocycles. The van der Waals surface area contributed by atoms with Crippen molar-refractivity contribution in [1.82, 2.24) is 0 Å². The Hall–Kier alpha value is -3.52. The molecular weight excluding hydrogens is 402 g/mol. The topological polar surface area (TPSA) is 98.3 Å². The zero-order valence-electron chi connectivity index (χ0n) is 12.1. The van der Waals surface area contributed by atoms with Crippen molar-refractivity contribution >= 4 is 22.7 Å². The van der Waals surface area contributed by atoms with Gasteiger partial charge in [0.05, 0.1) is 9.85 Å². The molecule has 0 spiro atoms. The summed E-state index contributed by atoms with van der Waals surface area (Å²) in [5, 5.41) is 21.8. The van der Waals surface area contributed by atoms with E-state index < -0.39 is 79.1 Å². The van der Waals surface area contributed by atoms with Gasteiger partial charge in [-0.15, -0.1) is 0 Å². The van der Waals surface area contributed by atoms with Gasteiger partial charge >= 0.3 is 11.4 Å². The molecule has 0 atom stereocenters. The Bertz CT molecular complexity index is 876. The molecule has 0 saturated heterocycles. The summed E-state index contributed by atoms with van der Waals surface area (Å²) >= 11 is 0.